The maximum absolute atomic E-state index is 11.2. The van der Waals surface area contributed by atoms with Crippen LogP contribution in [-0.4, -0.2) is 32.2 Å². The third-order valence-electron chi connectivity index (χ3n) is 2.39. The lowest BCUT2D eigenvalue weighted by molar-refractivity contribution is 0.678. The Balaban J connectivity index is 2.74. The van der Waals surface area contributed by atoms with E-state index in [9.17, 15) is 4.21 Å². The van der Waals surface area contributed by atoms with E-state index in [-0.39, 0.29) is 5.25 Å². The largest absolute Gasteiger partial charge is 0.366 e. The van der Waals surface area contributed by atoms with Crippen molar-refractivity contribution >= 4 is 28.2 Å². The summed E-state index contributed by atoms with van der Waals surface area (Å²) in [6.45, 7) is 6.22. The van der Waals surface area contributed by atoms with Crippen LogP contribution in [-0.2, 0) is 10.8 Å². The molecule has 0 spiro atoms. The lowest BCUT2D eigenvalue weighted by Crippen LogP contribution is -2.21. The second-order valence-corrected chi connectivity index (χ2v) is 5.88. The van der Waals surface area contributed by atoms with Gasteiger partial charge in [0.25, 0.3) is 0 Å². The summed E-state index contributed by atoms with van der Waals surface area (Å²) < 4.78 is 11.2. The fourth-order valence-electron chi connectivity index (χ4n) is 1.05. The van der Waals surface area contributed by atoms with Gasteiger partial charge in [-0.05, 0) is 20.8 Å². The number of hydrogen-bond acceptors (Lipinski definition) is 4. The van der Waals surface area contributed by atoms with Crippen molar-refractivity contribution in [2.45, 2.75) is 26.0 Å². The minimum absolute atomic E-state index is 0.0551. The van der Waals surface area contributed by atoms with Gasteiger partial charge in [0, 0.05) is 28.9 Å². The molecule has 0 radical (unpaired) electrons. The molecule has 0 saturated carbocycles. The van der Waals surface area contributed by atoms with E-state index in [0.717, 1.165) is 11.4 Å². The first-order valence-electron chi connectivity index (χ1n) is 4.98. The molecule has 6 heteroatoms. The molecule has 16 heavy (non-hydrogen) atoms. The van der Waals surface area contributed by atoms with Crippen LogP contribution in [0.4, 0.5) is 5.82 Å². The molecular formula is C10H16ClN3OS. The molecule has 0 amide bonds. The van der Waals surface area contributed by atoms with Gasteiger partial charge in [0.1, 0.15) is 0 Å². The SMILES string of the molecule is Cc1nc(Cl)c(NCC(C)S(C)=O)nc1C. The number of rotatable bonds is 4. The fourth-order valence-corrected chi connectivity index (χ4v) is 1.60. The second-order valence-electron chi connectivity index (χ2n) is 3.72. The van der Waals surface area contributed by atoms with Crippen LogP contribution in [0.25, 0.3) is 0 Å². The third-order valence-corrected chi connectivity index (χ3v) is 3.95. The average Bonchev–Trinajstić information content (AvgIpc) is 2.20. The van der Waals surface area contributed by atoms with Crippen LogP contribution in [0.5, 0.6) is 0 Å². The van der Waals surface area contributed by atoms with E-state index in [1.165, 1.54) is 0 Å². The summed E-state index contributed by atoms with van der Waals surface area (Å²) in [5.74, 6) is 0.557. The molecule has 0 aromatic carbocycles. The topological polar surface area (TPSA) is 54.9 Å². The van der Waals surface area contributed by atoms with E-state index in [4.69, 9.17) is 11.6 Å². The number of anilines is 1. The van der Waals surface area contributed by atoms with Gasteiger partial charge < -0.3 is 5.32 Å². The molecule has 0 aliphatic heterocycles. The zero-order chi connectivity index (χ0) is 12.3. The number of aryl methyl sites for hydroxylation is 2. The standard InChI is InChI=1S/C10H16ClN3OS/c1-6(16(4)15)5-12-10-9(11)13-7(2)8(3)14-10/h6H,5H2,1-4H3,(H,12,14). The molecule has 1 heterocycles. The summed E-state index contributed by atoms with van der Waals surface area (Å²) in [6, 6.07) is 0. The molecule has 0 saturated heterocycles. The molecule has 1 aromatic heterocycles. The highest BCUT2D eigenvalue weighted by Gasteiger charge is 2.10. The smallest absolute Gasteiger partial charge is 0.171 e. The van der Waals surface area contributed by atoms with Gasteiger partial charge >= 0.3 is 0 Å². The molecule has 0 aliphatic rings. The van der Waals surface area contributed by atoms with Gasteiger partial charge in [0.2, 0.25) is 0 Å². The van der Waals surface area contributed by atoms with Crippen molar-refractivity contribution in [3.63, 3.8) is 0 Å². The van der Waals surface area contributed by atoms with Gasteiger partial charge in [-0.3, -0.25) is 4.21 Å². The van der Waals surface area contributed by atoms with Crippen molar-refractivity contribution in [3.05, 3.63) is 16.5 Å². The molecule has 1 N–H and O–H groups in total. The molecule has 2 unspecified atom stereocenters. The summed E-state index contributed by atoms with van der Waals surface area (Å²) in [6.07, 6.45) is 1.68. The van der Waals surface area contributed by atoms with E-state index in [1.54, 1.807) is 6.26 Å². The zero-order valence-electron chi connectivity index (χ0n) is 9.87. The van der Waals surface area contributed by atoms with E-state index in [1.807, 2.05) is 20.8 Å². The molecule has 1 rings (SSSR count). The van der Waals surface area contributed by atoms with E-state index >= 15 is 0 Å². The van der Waals surface area contributed by atoms with Crippen LogP contribution >= 0.6 is 11.6 Å². The second kappa shape index (κ2) is 5.59. The monoisotopic (exact) mass is 261 g/mol. The maximum Gasteiger partial charge on any atom is 0.171 e. The molecular weight excluding hydrogens is 246 g/mol. The van der Waals surface area contributed by atoms with Crippen LogP contribution in [0.1, 0.15) is 18.3 Å². The van der Waals surface area contributed by atoms with Gasteiger partial charge in [-0.25, -0.2) is 9.97 Å². The molecule has 2 atom stereocenters. The lowest BCUT2D eigenvalue weighted by Gasteiger charge is -2.12. The van der Waals surface area contributed by atoms with Crippen molar-refractivity contribution in [1.82, 2.24) is 9.97 Å². The van der Waals surface area contributed by atoms with Gasteiger partial charge in [-0.15, -0.1) is 0 Å². The molecule has 0 fully saturated rings. The Hall–Kier alpha value is -0.680. The van der Waals surface area contributed by atoms with Gasteiger partial charge in [0.05, 0.1) is 11.4 Å². The van der Waals surface area contributed by atoms with Crippen molar-refractivity contribution in [1.29, 1.82) is 0 Å². The first-order chi connectivity index (χ1) is 7.41. The molecule has 0 aliphatic carbocycles. The van der Waals surface area contributed by atoms with Crippen molar-refractivity contribution in [2.75, 3.05) is 18.1 Å². The lowest BCUT2D eigenvalue weighted by atomic mass is 10.3. The number of halogens is 1. The average molecular weight is 262 g/mol. The summed E-state index contributed by atoms with van der Waals surface area (Å²) >= 11 is 5.95. The molecule has 4 nitrogen and oxygen atoms in total. The number of hydrogen-bond donors (Lipinski definition) is 1. The van der Waals surface area contributed by atoms with Crippen molar-refractivity contribution < 1.29 is 4.21 Å². The Morgan fingerprint density at radius 3 is 2.50 bits per heavy atom. The number of nitrogens with zero attached hydrogens (tertiary/aromatic N) is 2. The molecule has 90 valence electrons. The van der Waals surface area contributed by atoms with Crippen LogP contribution in [0.15, 0.2) is 0 Å². The summed E-state index contributed by atoms with van der Waals surface area (Å²) in [5, 5.41) is 3.48. The fraction of sp³-hybridized carbons (Fsp3) is 0.600. The summed E-state index contributed by atoms with van der Waals surface area (Å²) in [7, 11) is -0.854. The number of nitrogens with one attached hydrogen (secondary N) is 1. The quantitative estimate of drug-likeness (QED) is 0.900. The van der Waals surface area contributed by atoms with Crippen molar-refractivity contribution in [3.8, 4) is 0 Å². The van der Waals surface area contributed by atoms with Crippen LogP contribution in [0, 0.1) is 13.8 Å². The van der Waals surface area contributed by atoms with Crippen LogP contribution in [0.3, 0.4) is 0 Å². The Kier molecular flexibility index (Phi) is 4.68. The summed E-state index contributed by atoms with van der Waals surface area (Å²) in [4.78, 5) is 8.46. The predicted octanol–water partition coefficient (Wildman–Crippen LogP) is 1.93. The Bertz CT molecular complexity index is 411. The van der Waals surface area contributed by atoms with Gasteiger partial charge in [0.15, 0.2) is 11.0 Å². The Labute approximate surface area is 103 Å². The van der Waals surface area contributed by atoms with Gasteiger partial charge in [-0.1, -0.05) is 11.6 Å². The number of aromatic nitrogens is 2. The van der Waals surface area contributed by atoms with Crippen LogP contribution < -0.4 is 5.32 Å². The molecule has 0 bridgehead atoms. The van der Waals surface area contributed by atoms with E-state index in [0.29, 0.717) is 17.5 Å². The van der Waals surface area contributed by atoms with Crippen molar-refractivity contribution in [2.24, 2.45) is 0 Å². The highest BCUT2D eigenvalue weighted by atomic mass is 35.5. The minimum atomic E-state index is -0.854. The normalized spacial score (nSPS) is 14.6. The minimum Gasteiger partial charge on any atom is -0.366 e. The highest BCUT2D eigenvalue weighted by molar-refractivity contribution is 7.84. The maximum atomic E-state index is 11.2. The molecule has 1 aromatic rings. The Morgan fingerprint density at radius 1 is 1.38 bits per heavy atom. The Morgan fingerprint density at radius 2 is 1.94 bits per heavy atom. The van der Waals surface area contributed by atoms with Crippen LogP contribution in [0.2, 0.25) is 5.15 Å². The summed E-state index contributed by atoms with van der Waals surface area (Å²) in [5.41, 5.74) is 1.67. The highest BCUT2D eigenvalue weighted by Crippen LogP contribution is 2.18. The van der Waals surface area contributed by atoms with Gasteiger partial charge in [-0.2, -0.15) is 0 Å². The third kappa shape index (κ3) is 3.42. The first kappa shape index (κ1) is 13.4. The zero-order valence-corrected chi connectivity index (χ0v) is 11.4. The predicted molar refractivity (Wildman–Crippen MR) is 68.5 cm³/mol. The van der Waals surface area contributed by atoms with E-state index < -0.39 is 10.8 Å². The van der Waals surface area contributed by atoms with E-state index in [2.05, 4.69) is 15.3 Å². The first-order valence-corrected chi connectivity index (χ1v) is 6.98.